The molecule has 0 saturated carbocycles. The smallest absolute Gasteiger partial charge is 0.462 e. The summed E-state index contributed by atoms with van der Waals surface area (Å²) in [7, 11) is -9.96. The number of hydrogen-bond acceptors (Lipinski definition) is 15. The van der Waals surface area contributed by atoms with Gasteiger partial charge in [0.05, 0.1) is 26.4 Å². The molecule has 0 aromatic heterocycles. The van der Waals surface area contributed by atoms with Gasteiger partial charge in [-0.15, -0.1) is 0 Å². The molecule has 0 aliphatic heterocycles. The number of carbonyl (C=O) groups excluding carboxylic acids is 4. The second-order valence-corrected chi connectivity index (χ2v) is 28.8. The maximum atomic E-state index is 13.1. The van der Waals surface area contributed by atoms with E-state index in [2.05, 4.69) is 137 Å². The Morgan fingerprint density at radius 1 is 0.290 bits per heavy atom. The Balaban J connectivity index is 5.34. The molecule has 0 fully saturated rings. The van der Waals surface area contributed by atoms with Gasteiger partial charge in [-0.25, -0.2) is 9.13 Å². The van der Waals surface area contributed by atoms with E-state index in [1.807, 2.05) is 0 Å². The van der Waals surface area contributed by atoms with Crippen LogP contribution >= 0.6 is 15.6 Å². The molecule has 3 N–H and O–H groups in total. The molecule has 0 heterocycles. The highest BCUT2D eigenvalue weighted by Crippen LogP contribution is 2.45. The summed E-state index contributed by atoms with van der Waals surface area (Å²) >= 11 is 0. The van der Waals surface area contributed by atoms with Crippen LogP contribution in [0.25, 0.3) is 0 Å². The minimum absolute atomic E-state index is 0.0754. The summed E-state index contributed by atoms with van der Waals surface area (Å²) in [6, 6.07) is 0. The van der Waals surface area contributed by atoms with Crippen LogP contribution in [0.5, 0.6) is 0 Å². The second kappa shape index (κ2) is 73.0. The number of rotatable bonds is 73. The number of aliphatic hydroxyl groups is 1. The van der Waals surface area contributed by atoms with Crippen molar-refractivity contribution < 1.29 is 80.2 Å². The van der Waals surface area contributed by atoms with Crippen LogP contribution in [0.2, 0.25) is 0 Å². The number of esters is 4. The predicted octanol–water partition coefficient (Wildman–Crippen LogP) is 22.6. The number of hydrogen-bond donors (Lipinski definition) is 3. The highest BCUT2D eigenvalue weighted by molar-refractivity contribution is 7.47. The van der Waals surface area contributed by atoms with Crippen molar-refractivity contribution in [3.63, 3.8) is 0 Å². The van der Waals surface area contributed by atoms with E-state index in [-0.39, 0.29) is 25.7 Å². The number of aliphatic hydroxyl groups excluding tert-OH is 1. The third-order valence-electron chi connectivity index (χ3n) is 16.2. The van der Waals surface area contributed by atoms with Crippen LogP contribution in [0.4, 0.5) is 0 Å². The summed E-state index contributed by atoms with van der Waals surface area (Å²) in [6.07, 6.45) is 77.8. The van der Waals surface area contributed by atoms with E-state index in [1.54, 1.807) is 0 Å². The number of phosphoric acid groups is 2. The summed E-state index contributed by atoms with van der Waals surface area (Å²) in [5.74, 6) is -2.22. The van der Waals surface area contributed by atoms with Crippen molar-refractivity contribution in [3.05, 3.63) is 109 Å². The fourth-order valence-electron chi connectivity index (χ4n) is 10.2. The Morgan fingerprint density at radius 2 is 0.530 bits per heavy atom. The average Bonchev–Trinajstić information content (AvgIpc) is 0.953. The molecular formula is C81H140O17P2. The Bertz CT molecular complexity index is 2320. The number of allylic oxidation sites excluding steroid dienone is 18. The topological polar surface area (TPSA) is 237 Å². The van der Waals surface area contributed by atoms with Gasteiger partial charge in [-0.2, -0.15) is 0 Å². The van der Waals surface area contributed by atoms with Gasteiger partial charge in [0, 0.05) is 25.7 Å². The van der Waals surface area contributed by atoms with Crippen LogP contribution in [0.15, 0.2) is 109 Å². The molecule has 17 nitrogen and oxygen atoms in total. The van der Waals surface area contributed by atoms with E-state index < -0.39 is 97.5 Å². The van der Waals surface area contributed by atoms with Gasteiger partial charge in [-0.05, 0) is 148 Å². The predicted molar refractivity (Wildman–Crippen MR) is 408 cm³/mol. The summed E-state index contributed by atoms with van der Waals surface area (Å²) in [6.45, 7) is 4.63. The van der Waals surface area contributed by atoms with E-state index in [0.717, 1.165) is 193 Å². The van der Waals surface area contributed by atoms with Crippen LogP contribution in [0.1, 0.15) is 323 Å². The maximum Gasteiger partial charge on any atom is 0.472 e. The molecule has 0 aromatic rings. The van der Waals surface area contributed by atoms with E-state index in [4.69, 9.17) is 37.0 Å². The molecule has 0 amide bonds. The van der Waals surface area contributed by atoms with Gasteiger partial charge in [0.1, 0.15) is 19.3 Å². The standard InChI is InChI=1S/C81H140O17P2/c1-5-9-13-17-21-25-29-32-35-36-37-38-41-43-47-50-54-58-62-66-79(84)91-71-76(97-80(85)67-63-59-55-51-45-28-24-20-16-12-8-4)73-95-99(87,88)93-69-75(82)70-94-100(89,90)96-74-77(98-81(86)68-64-60-56-52-48-44-40-34-31-27-23-19-15-11-7-3)72-92-78(83)65-61-57-53-49-46-42-39-33-30-26-22-18-14-10-6-2/h9,13,20-27,32-35,37-40,75-77,82H,5-8,10-12,14-19,28-31,36,41-74H2,1-4H3,(H,87,88)(H,89,90)/b13-9-,24-20-,25-21-,26-22-,27-23-,35-32-,38-37-,39-33-,40-34-. The van der Waals surface area contributed by atoms with Gasteiger partial charge in [0.15, 0.2) is 12.2 Å². The lowest BCUT2D eigenvalue weighted by molar-refractivity contribution is -0.161. The van der Waals surface area contributed by atoms with Gasteiger partial charge in [-0.3, -0.25) is 37.3 Å². The molecule has 0 bridgehead atoms. The van der Waals surface area contributed by atoms with Crippen molar-refractivity contribution in [1.82, 2.24) is 0 Å². The van der Waals surface area contributed by atoms with E-state index >= 15 is 0 Å². The average molecular weight is 1450 g/mol. The Morgan fingerprint density at radius 3 is 0.840 bits per heavy atom. The van der Waals surface area contributed by atoms with Gasteiger partial charge in [0.2, 0.25) is 0 Å². The van der Waals surface area contributed by atoms with Crippen LogP contribution in [-0.2, 0) is 65.4 Å². The van der Waals surface area contributed by atoms with Crippen LogP contribution in [-0.4, -0.2) is 96.7 Å². The molecule has 0 aliphatic rings. The molecule has 5 unspecified atom stereocenters. The lowest BCUT2D eigenvalue weighted by Crippen LogP contribution is -2.30. The lowest BCUT2D eigenvalue weighted by Gasteiger charge is -2.21. The lowest BCUT2D eigenvalue weighted by atomic mass is 10.1. The van der Waals surface area contributed by atoms with Gasteiger partial charge in [-0.1, -0.05) is 259 Å². The van der Waals surface area contributed by atoms with Gasteiger partial charge >= 0.3 is 39.5 Å². The molecule has 0 saturated heterocycles. The molecule has 0 aliphatic carbocycles. The van der Waals surface area contributed by atoms with Crippen molar-refractivity contribution in [2.24, 2.45) is 0 Å². The fourth-order valence-corrected chi connectivity index (χ4v) is 11.8. The Hall–Kier alpha value is -4.28. The van der Waals surface area contributed by atoms with Crippen LogP contribution in [0.3, 0.4) is 0 Å². The summed E-state index contributed by atoms with van der Waals surface area (Å²) in [4.78, 5) is 72.9. The summed E-state index contributed by atoms with van der Waals surface area (Å²) in [5.41, 5.74) is 0. The number of carbonyl (C=O) groups is 4. The first-order valence-electron chi connectivity index (χ1n) is 39.1. The van der Waals surface area contributed by atoms with Crippen molar-refractivity contribution in [2.45, 2.75) is 341 Å². The molecule has 0 radical (unpaired) electrons. The molecule has 19 heteroatoms. The highest BCUT2D eigenvalue weighted by Gasteiger charge is 2.30. The first-order valence-corrected chi connectivity index (χ1v) is 42.1. The van der Waals surface area contributed by atoms with Crippen LogP contribution in [0, 0.1) is 0 Å². The van der Waals surface area contributed by atoms with E-state index in [9.17, 15) is 43.2 Å². The van der Waals surface area contributed by atoms with Gasteiger partial charge in [0.25, 0.3) is 0 Å². The van der Waals surface area contributed by atoms with E-state index in [1.165, 1.54) is 51.4 Å². The Labute approximate surface area is 607 Å². The molecule has 5 atom stereocenters. The first-order chi connectivity index (χ1) is 48.7. The molecule has 100 heavy (non-hydrogen) atoms. The molecule has 576 valence electrons. The fraction of sp³-hybridized carbons (Fsp3) is 0.728. The van der Waals surface area contributed by atoms with Gasteiger partial charge < -0.3 is 33.8 Å². The Kier molecular flexibility index (Phi) is 69.9. The summed E-state index contributed by atoms with van der Waals surface area (Å²) in [5, 5.41) is 10.6. The quantitative estimate of drug-likeness (QED) is 0.0169. The zero-order valence-corrected chi connectivity index (χ0v) is 64.6. The number of ether oxygens (including phenoxy) is 4. The summed E-state index contributed by atoms with van der Waals surface area (Å²) < 4.78 is 68.5. The maximum absolute atomic E-state index is 13.1. The minimum atomic E-state index is -4.98. The van der Waals surface area contributed by atoms with Crippen LogP contribution < -0.4 is 0 Å². The van der Waals surface area contributed by atoms with Crippen molar-refractivity contribution in [2.75, 3.05) is 39.6 Å². The number of unbranched alkanes of at least 4 members (excludes halogenated alkanes) is 29. The monoisotopic (exact) mass is 1450 g/mol. The van der Waals surface area contributed by atoms with E-state index in [0.29, 0.717) is 25.7 Å². The second-order valence-electron chi connectivity index (χ2n) is 25.9. The normalized spacial score (nSPS) is 14.5. The largest absolute Gasteiger partial charge is 0.472 e. The molecule has 0 rings (SSSR count). The zero-order chi connectivity index (χ0) is 73.2. The van der Waals surface area contributed by atoms with Crippen molar-refractivity contribution in [3.8, 4) is 0 Å². The third kappa shape index (κ3) is 72.1. The third-order valence-corrected chi connectivity index (χ3v) is 18.1. The molecule has 0 spiro atoms. The number of phosphoric ester groups is 2. The minimum Gasteiger partial charge on any atom is -0.462 e. The zero-order valence-electron chi connectivity index (χ0n) is 62.8. The molecule has 0 aromatic carbocycles. The SMILES string of the molecule is CC/C=C\C/C=C\C/C=C\C/C=C\CCCCCCCCC(=O)OCC(COP(=O)(O)OCC(O)COP(=O)(O)OCC(COC(=O)CCCCCCC/C=C\C/C=C\CCCCC)OC(=O)CCCCCCC/C=C\C/C=C\CCCCC)OC(=O)CCCCCCC/C=C\CCCC. The van der Waals surface area contributed by atoms with Crippen molar-refractivity contribution in [1.29, 1.82) is 0 Å². The molecular weight excluding hydrogens is 1310 g/mol. The van der Waals surface area contributed by atoms with Crippen molar-refractivity contribution >= 4 is 39.5 Å². The first kappa shape index (κ1) is 95.7. The highest BCUT2D eigenvalue weighted by atomic mass is 31.2.